The molecule has 0 aliphatic heterocycles. The summed E-state index contributed by atoms with van der Waals surface area (Å²) in [7, 11) is -0.321. The molecule has 0 spiro atoms. The number of nitrogen functional groups attached to an aromatic ring is 1. The van der Waals surface area contributed by atoms with Gasteiger partial charge in [-0.3, -0.25) is 4.68 Å². The molecule has 2 rings (SSSR count). The molecule has 0 saturated heterocycles. The van der Waals surface area contributed by atoms with Crippen LogP contribution in [-0.4, -0.2) is 37.5 Å². The van der Waals surface area contributed by atoms with Crippen LogP contribution >= 0.6 is 0 Å². The average molecular weight is 274 g/mol. The minimum atomic E-state index is -3.61. The predicted molar refractivity (Wildman–Crippen MR) is 66.5 cm³/mol. The van der Waals surface area contributed by atoms with Crippen LogP contribution in [-0.2, 0) is 21.8 Å². The Hall–Kier alpha value is -1.12. The zero-order valence-corrected chi connectivity index (χ0v) is 11.5. The minimum absolute atomic E-state index is 0.0325. The van der Waals surface area contributed by atoms with Crippen molar-refractivity contribution in [2.75, 3.05) is 12.8 Å². The smallest absolute Gasteiger partial charge is 0.246 e. The second kappa shape index (κ2) is 4.52. The quantitative estimate of drug-likeness (QED) is 0.790. The van der Waals surface area contributed by atoms with Crippen LogP contribution in [0.2, 0.25) is 0 Å². The SMILES string of the molecule is COC1CC(NS(=O)(=O)c2c(N)nn(C)c2C)C1. The van der Waals surface area contributed by atoms with Crippen molar-refractivity contribution < 1.29 is 13.2 Å². The summed E-state index contributed by atoms with van der Waals surface area (Å²) in [5.41, 5.74) is 6.17. The van der Waals surface area contributed by atoms with Crippen LogP contribution < -0.4 is 10.5 Å². The third-order valence-corrected chi connectivity index (χ3v) is 5.01. The molecule has 18 heavy (non-hydrogen) atoms. The second-order valence-electron chi connectivity index (χ2n) is 4.57. The predicted octanol–water partition coefficient (Wildman–Crippen LogP) is -0.234. The van der Waals surface area contributed by atoms with Gasteiger partial charge in [0.2, 0.25) is 10.0 Å². The minimum Gasteiger partial charge on any atom is -0.381 e. The zero-order valence-electron chi connectivity index (χ0n) is 10.7. The number of nitrogens with one attached hydrogen (secondary N) is 1. The van der Waals surface area contributed by atoms with Crippen molar-refractivity contribution >= 4 is 15.8 Å². The Morgan fingerprint density at radius 3 is 2.56 bits per heavy atom. The molecule has 0 bridgehead atoms. The fourth-order valence-electron chi connectivity index (χ4n) is 2.08. The fraction of sp³-hybridized carbons (Fsp3) is 0.700. The molecule has 1 aliphatic rings. The third-order valence-electron chi connectivity index (χ3n) is 3.32. The molecule has 1 fully saturated rings. The topological polar surface area (TPSA) is 99.2 Å². The van der Waals surface area contributed by atoms with Gasteiger partial charge in [-0.1, -0.05) is 0 Å². The highest BCUT2D eigenvalue weighted by Gasteiger charge is 2.34. The molecule has 0 amide bonds. The molecule has 0 aromatic carbocycles. The molecule has 1 heterocycles. The second-order valence-corrected chi connectivity index (χ2v) is 6.22. The molecule has 0 atom stereocenters. The van der Waals surface area contributed by atoms with Gasteiger partial charge in [0.25, 0.3) is 0 Å². The molecule has 3 N–H and O–H groups in total. The Labute approximate surface area is 106 Å². The number of nitrogens with zero attached hydrogens (tertiary/aromatic N) is 2. The molecular formula is C10H18N4O3S. The van der Waals surface area contributed by atoms with Crippen molar-refractivity contribution in [1.29, 1.82) is 0 Å². The summed E-state index contributed by atoms with van der Waals surface area (Å²) in [5.74, 6) is 0.0325. The standard InChI is InChI=1S/C10H18N4O3S/c1-6-9(10(11)12-14(6)2)18(15,16)13-7-4-8(5-7)17-3/h7-8,13H,4-5H2,1-3H3,(H2,11,12). The summed E-state index contributed by atoms with van der Waals surface area (Å²) < 4.78 is 33.6. The van der Waals surface area contributed by atoms with Crippen molar-refractivity contribution in [3.05, 3.63) is 5.69 Å². The molecule has 1 aliphatic carbocycles. The molecule has 1 aromatic heterocycles. The molecule has 0 radical (unpaired) electrons. The van der Waals surface area contributed by atoms with Crippen LogP contribution in [0.25, 0.3) is 0 Å². The van der Waals surface area contributed by atoms with E-state index in [0.29, 0.717) is 18.5 Å². The summed E-state index contributed by atoms with van der Waals surface area (Å²) in [6.07, 6.45) is 1.52. The molecule has 1 aromatic rings. The van der Waals surface area contributed by atoms with Crippen molar-refractivity contribution in [1.82, 2.24) is 14.5 Å². The van der Waals surface area contributed by atoms with E-state index in [-0.39, 0.29) is 22.9 Å². The molecular weight excluding hydrogens is 256 g/mol. The lowest BCUT2D eigenvalue weighted by Crippen LogP contribution is -2.47. The van der Waals surface area contributed by atoms with E-state index in [2.05, 4.69) is 9.82 Å². The zero-order chi connectivity index (χ0) is 13.5. The summed E-state index contributed by atoms with van der Waals surface area (Å²) >= 11 is 0. The fourth-order valence-corrected chi connectivity index (χ4v) is 3.67. The lowest BCUT2D eigenvalue weighted by Gasteiger charge is -2.34. The number of aryl methyl sites for hydroxylation is 1. The number of aromatic nitrogens is 2. The van der Waals surface area contributed by atoms with Gasteiger partial charge in [0.15, 0.2) is 5.82 Å². The van der Waals surface area contributed by atoms with Gasteiger partial charge in [-0.15, -0.1) is 0 Å². The normalized spacial score (nSPS) is 23.9. The van der Waals surface area contributed by atoms with Crippen molar-refractivity contribution in [2.24, 2.45) is 7.05 Å². The van der Waals surface area contributed by atoms with Gasteiger partial charge in [0, 0.05) is 20.2 Å². The van der Waals surface area contributed by atoms with E-state index in [9.17, 15) is 8.42 Å². The number of rotatable bonds is 4. The third kappa shape index (κ3) is 2.23. The highest BCUT2D eigenvalue weighted by molar-refractivity contribution is 7.89. The van der Waals surface area contributed by atoms with Crippen LogP contribution in [0.5, 0.6) is 0 Å². The first kappa shape index (κ1) is 13.3. The van der Waals surface area contributed by atoms with E-state index in [4.69, 9.17) is 10.5 Å². The first-order valence-electron chi connectivity index (χ1n) is 5.69. The van der Waals surface area contributed by atoms with Gasteiger partial charge in [0.1, 0.15) is 4.90 Å². The number of sulfonamides is 1. The highest BCUT2D eigenvalue weighted by atomic mass is 32.2. The van der Waals surface area contributed by atoms with Crippen LogP contribution in [0.4, 0.5) is 5.82 Å². The van der Waals surface area contributed by atoms with Crippen molar-refractivity contribution in [3.63, 3.8) is 0 Å². The summed E-state index contributed by atoms with van der Waals surface area (Å²) in [6.45, 7) is 1.68. The maximum Gasteiger partial charge on any atom is 0.246 e. The van der Waals surface area contributed by atoms with E-state index in [1.54, 1.807) is 21.1 Å². The molecule has 7 nitrogen and oxygen atoms in total. The van der Waals surface area contributed by atoms with E-state index >= 15 is 0 Å². The first-order valence-corrected chi connectivity index (χ1v) is 7.17. The van der Waals surface area contributed by atoms with Crippen LogP contribution in [0.3, 0.4) is 0 Å². The summed E-state index contributed by atoms with van der Waals surface area (Å²) in [5, 5.41) is 3.91. The van der Waals surface area contributed by atoms with Crippen LogP contribution in [0, 0.1) is 6.92 Å². The lowest BCUT2D eigenvalue weighted by molar-refractivity contribution is 0.0236. The number of ether oxygens (including phenoxy) is 1. The van der Waals surface area contributed by atoms with Gasteiger partial charge in [-0.05, 0) is 19.8 Å². The van der Waals surface area contributed by atoms with Crippen molar-refractivity contribution in [2.45, 2.75) is 36.8 Å². The number of nitrogens with two attached hydrogens (primary N) is 1. The maximum absolute atomic E-state index is 12.2. The molecule has 8 heteroatoms. The lowest BCUT2D eigenvalue weighted by atomic mass is 9.90. The Kier molecular flexibility index (Phi) is 3.35. The Morgan fingerprint density at radius 2 is 2.11 bits per heavy atom. The molecule has 1 saturated carbocycles. The number of methoxy groups -OCH3 is 1. The van der Waals surface area contributed by atoms with Crippen molar-refractivity contribution in [3.8, 4) is 0 Å². The van der Waals surface area contributed by atoms with E-state index in [0.717, 1.165) is 0 Å². The summed E-state index contributed by atoms with van der Waals surface area (Å²) in [4.78, 5) is 0.0749. The largest absolute Gasteiger partial charge is 0.381 e. The summed E-state index contributed by atoms with van der Waals surface area (Å²) in [6, 6.07) is -0.0843. The highest BCUT2D eigenvalue weighted by Crippen LogP contribution is 2.27. The average Bonchev–Trinajstić information content (AvgIpc) is 2.46. The maximum atomic E-state index is 12.2. The van der Waals surface area contributed by atoms with Gasteiger partial charge >= 0.3 is 0 Å². The Morgan fingerprint density at radius 1 is 1.50 bits per heavy atom. The Bertz CT molecular complexity index is 546. The van der Waals surface area contributed by atoms with E-state index < -0.39 is 10.0 Å². The first-order chi connectivity index (χ1) is 8.35. The van der Waals surface area contributed by atoms with Gasteiger partial charge < -0.3 is 10.5 Å². The van der Waals surface area contributed by atoms with Crippen LogP contribution in [0.15, 0.2) is 4.90 Å². The number of hydrogen-bond acceptors (Lipinski definition) is 5. The number of anilines is 1. The van der Waals surface area contributed by atoms with Crippen LogP contribution in [0.1, 0.15) is 18.5 Å². The van der Waals surface area contributed by atoms with Gasteiger partial charge in [-0.25, -0.2) is 13.1 Å². The molecule has 0 unspecified atom stereocenters. The Balaban J connectivity index is 2.17. The molecule has 102 valence electrons. The van der Waals surface area contributed by atoms with E-state index in [1.165, 1.54) is 4.68 Å². The van der Waals surface area contributed by atoms with Gasteiger partial charge in [0.05, 0.1) is 11.8 Å². The monoisotopic (exact) mass is 274 g/mol. The number of hydrogen-bond donors (Lipinski definition) is 2. The van der Waals surface area contributed by atoms with Gasteiger partial charge in [-0.2, -0.15) is 5.10 Å². The van der Waals surface area contributed by atoms with E-state index in [1.807, 2.05) is 0 Å².